The highest BCUT2D eigenvalue weighted by Gasteiger charge is 2.37. The summed E-state index contributed by atoms with van der Waals surface area (Å²) in [6, 6.07) is -1.12. The molecule has 4 atom stereocenters. The third kappa shape index (κ3) is 9.94. The molecule has 13 heteroatoms. The van der Waals surface area contributed by atoms with Crippen LogP contribution in [-0.4, -0.2) is 86.0 Å². The molecule has 25 heavy (non-hydrogen) atoms. The van der Waals surface area contributed by atoms with E-state index in [9.17, 15) is 24.4 Å². The van der Waals surface area contributed by atoms with Crippen molar-refractivity contribution >= 4 is 19.6 Å². The van der Waals surface area contributed by atoms with Crippen molar-refractivity contribution in [3.63, 3.8) is 0 Å². The number of ketones is 1. The molecule has 0 radical (unpaired) electrons. The van der Waals surface area contributed by atoms with Gasteiger partial charge in [0.2, 0.25) is 0 Å². The maximum Gasteiger partial charge on any atom is 0.470 e. The van der Waals surface area contributed by atoms with Gasteiger partial charge in [0.1, 0.15) is 18.2 Å². The van der Waals surface area contributed by atoms with Gasteiger partial charge < -0.3 is 35.9 Å². The summed E-state index contributed by atoms with van der Waals surface area (Å²) < 4.78 is 15.1. The zero-order valence-corrected chi connectivity index (χ0v) is 14.3. The number of aliphatic carboxylic acids is 1. The molecule has 0 unspecified atom stereocenters. The maximum absolute atomic E-state index is 12.0. The quantitative estimate of drug-likeness (QED) is 0.110. The fourth-order valence-corrected chi connectivity index (χ4v) is 2.44. The number of carboxylic acids is 1. The summed E-state index contributed by atoms with van der Waals surface area (Å²) in [5, 5.41) is 39.3. The Balaban J connectivity index is 4.93. The number of carbonyl (C=O) groups is 2. The van der Waals surface area contributed by atoms with Crippen LogP contribution in [0.4, 0.5) is 0 Å². The molecule has 148 valence electrons. The minimum atomic E-state index is -5.20. The second kappa shape index (κ2) is 11.6. The lowest BCUT2D eigenvalue weighted by atomic mass is 10.0. The van der Waals surface area contributed by atoms with Crippen molar-refractivity contribution in [3.8, 4) is 0 Å². The summed E-state index contributed by atoms with van der Waals surface area (Å²) in [6.07, 6.45) is -4.96. The molecule has 0 fully saturated rings. The standard InChI is InChI=1S/C12H25N2O10P/c13-4-2-1-3-7(12(19)20)14-5-8(16)11(24-25(21,22)23)10(18)9(17)6-15/h7,9-11,14-15,17-18H,1-6,13H2,(H,19,20)(H2,21,22,23)/t7-,9+,10+,11+/m0/s1. The molecular weight excluding hydrogens is 363 g/mol. The maximum atomic E-state index is 12.0. The minimum absolute atomic E-state index is 0.158. The molecule has 0 rings (SSSR count). The first-order valence-corrected chi connectivity index (χ1v) is 8.96. The summed E-state index contributed by atoms with van der Waals surface area (Å²) in [7, 11) is -5.20. The SMILES string of the molecule is NCCCC[C@H](NCC(=O)[C@@H](OP(=O)(O)O)[C@H](O)[C@H](O)CO)C(=O)O. The molecule has 0 aromatic heterocycles. The predicted octanol–water partition coefficient (Wildman–Crippen LogP) is -3.08. The van der Waals surface area contributed by atoms with E-state index in [-0.39, 0.29) is 6.42 Å². The number of unbranched alkanes of at least 4 members (excludes halogenated alkanes) is 1. The van der Waals surface area contributed by atoms with Crippen LogP contribution in [0.3, 0.4) is 0 Å². The fraction of sp³-hybridized carbons (Fsp3) is 0.833. The van der Waals surface area contributed by atoms with Crippen molar-refractivity contribution in [2.75, 3.05) is 19.7 Å². The van der Waals surface area contributed by atoms with E-state index in [1.165, 1.54) is 0 Å². The van der Waals surface area contributed by atoms with E-state index >= 15 is 0 Å². The molecule has 0 aromatic carbocycles. The van der Waals surface area contributed by atoms with Crippen molar-refractivity contribution in [1.29, 1.82) is 0 Å². The van der Waals surface area contributed by atoms with Crippen LogP contribution >= 0.6 is 7.82 Å². The van der Waals surface area contributed by atoms with Gasteiger partial charge in [-0.15, -0.1) is 0 Å². The van der Waals surface area contributed by atoms with Gasteiger partial charge in [0.05, 0.1) is 13.2 Å². The van der Waals surface area contributed by atoms with Gasteiger partial charge in [0, 0.05) is 0 Å². The average molecular weight is 388 g/mol. The second-order valence-corrected chi connectivity index (χ2v) is 6.47. The first kappa shape index (κ1) is 24.1. The van der Waals surface area contributed by atoms with Gasteiger partial charge >= 0.3 is 13.8 Å². The Labute approximate surface area is 143 Å². The zero-order chi connectivity index (χ0) is 19.6. The van der Waals surface area contributed by atoms with Crippen LogP contribution < -0.4 is 11.1 Å². The van der Waals surface area contributed by atoms with Crippen LogP contribution in [-0.2, 0) is 18.7 Å². The number of Topliss-reactive ketones (excluding diaryl/α,β-unsaturated/α-hetero) is 1. The van der Waals surface area contributed by atoms with E-state index in [0.29, 0.717) is 19.4 Å². The molecule has 0 aliphatic rings. The Kier molecular flexibility index (Phi) is 11.2. The zero-order valence-electron chi connectivity index (χ0n) is 13.4. The largest absolute Gasteiger partial charge is 0.480 e. The van der Waals surface area contributed by atoms with E-state index in [2.05, 4.69) is 9.84 Å². The molecule has 0 heterocycles. The van der Waals surface area contributed by atoms with Crippen molar-refractivity contribution in [2.45, 2.75) is 43.6 Å². The number of carboxylic acid groups (broad SMARTS) is 1. The Bertz CT molecular complexity index is 471. The predicted molar refractivity (Wildman–Crippen MR) is 83.4 cm³/mol. The number of phosphoric ester groups is 1. The molecule has 12 nitrogen and oxygen atoms in total. The number of hydrogen-bond donors (Lipinski definition) is 8. The van der Waals surface area contributed by atoms with E-state index in [1.807, 2.05) is 0 Å². The number of aliphatic hydroxyl groups excluding tert-OH is 3. The van der Waals surface area contributed by atoms with Gasteiger partial charge in [0.15, 0.2) is 11.9 Å². The third-order valence-electron chi connectivity index (χ3n) is 3.23. The van der Waals surface area contributed by atoms with Crippen LogP contribution in [0.25, 0.3) is 0 Å². The summed E-state index contributed by atoms with van der Waals surface area (Å²) >= 11 is 0. The molecular formula is C12H25N2O10P. The molecule has 0 spiro atoms. The molecule has 0 bridgehead atoms. The molecule has 0 aliphatic heterocycles. The first-order chi connectivity index (χ1) is 11.5. The summed E-state index contributed by atoms with van der Waals surface area (Å²) in [5.74, 6) is -2.35. The molecule has 0 amide bonds. The Morgan fingerprint density at radius 2 is 1.80 bits per heavy atom. The molecule has 0 aromatic rings. The second-order valence-electron chi connectivity index (χ2n) is 5.28. The number of aliphatic hydroxyl groups is 3. The van der Waals surface area contributed by atoms with E-state index < -0.39 is 57.1 Å². The summed E-state index contributed by atoms with van der Waals surface area (Å²) in [5.41, 5.74) is 5.30. The van der Waals surface area contributed by atoms with E-state index in [4.69, 9.17) is 25.7 Å². The lowest BCUT2D eigenvalue weighted by Crippen LogP contribution is -2.49. The van der Waals surface area contributed by atoms with Gasteiger partial charge in [-0.1, -0.05) is 6.42 Å². The highest BCUT2D eigenvalue weighted by molar-refractivity contribution is 7.46. The van der Waals surface area contributed by atoms with Crippen molar-refractivity contribution in [2.24, 2.45) is 5.73 Å². The lowest BCUT2D eigenvalue weighted by molar-refractivity contribution is -0.141. The highest BCUT2D eigenvalue weighted by Crippen LogP contribution is 2.38. The monoisotopic (exact) mass is 388 g/mol. The molecule has 0 saturated heterocycles. The van der Waals surface area contributed by atoms with Crippen LogP contribution in [0.15, 0.2) is 0 Å². The van der Waals surface area contributed by atoms with Gasteiger partial charge in [-0.05, 0) is 19.4 Å². The Hall–Kier alpha value is -0.950. The van der Waals surface area contributed by atoms with Gasteiger partial charge in [-0.2, -0.15) is 0 Å². The Morgan fingerprint density at radius 3 is 2.24 bits per heavy atom. The van der Waals surface area contributed by atoms with Crippen LogP contribution in [0.5, 0.6) is 0 Å². The number of rotatable bonds is 14. The average Bonchev–Trinajstić information content (AvgIpc) is 2.52. The normalized spacial score (nSPS) is 16.9. The van der Waals surface area contributed by atoms with Gasteiger partial charge in [-0.3, -0.25) is 19.4 Å². The molecule has 0 aliphatic carbocycles. The van der Waals surface area contributed by atoms with Crippen molar-refractivity contribution < 1.29 is 48.9 Å². The number of carbonyl (C=O) groups excluding carboxylic acids is 1. The summed E-state index contributed by atoms with van der Waals surface area (Å²) in [6.45, 7) is -1.31. The fourth-order valence-electron chi connectivity index (χ4n) is 1.90. The number of phosphoric acid groups is 1. The molecule has 0 saturated carbocycles. The molecule has 9 N–H and O–H groups in total. The number of hydrogen-bond acceptors (Lipinski definition) is 9. The highest BCUT2D eigenvalue weighted by atomic mass is 31.2. The third-order valence-corrected chi connectivity index (χ3v) is 3.73. The van der Waals surface area contributed by atoms with Crippen molar-refractivity contribution in [3.05, 3.63) is 0 Å². The minimum Gasteiger partial charge on any atom is -0.480 e. The first-order valence-electron chi connectivity index (χ1n) is 7.43. The summed E-state index contributed by atoms with van der Waals surface area (Å²) in [4.78, 5) is 40.8. The topological polar surface area (TPSA) is 220 Å². The van der Waals surface area contributed by atoms with Crippen molar-refractivity contribution in [1.82, 2.24) is 5.32 Å². The van der Waals surface area contributed by atoms with E-state index in [1.54, 1.807) is 0 Å². The number of nitrogens with one attached hydrogen (secondary N) is 1. The van der Waals surface area contributed by atoms with Crippen LogP contribution in [0, 0.1) is 0 Å². The smallest absolute Gasteiger partial charge is 0.470 e. The van der Waals surface area contributed by atoms with Crippen LogP contribution in [0.2, 0.25) is 0 Å². The van der Waals surface area contributed by atoms with Gasteiger partial charge in [-0.25, -0.2) is 4.57 Å². The lowest BCUT2D eigenvalue weighted by Gasteiger charge is -2.25. The number of nitrogens with two attached hydrogens (primary N) is 1. The van der Waals surface area contributed by atoms with Crippen LogP contribution in [0.1, 0.15) is 19.3 Å². The Morgan fingerprint density at radius 1 is 1.20 bits per heavy atom. The van der Waals surface area contributed by atoms with E-state index in [0.717, 1.165) is 0 Å². The van der Waals surface area contributed by atoms with Gasteiger partial charge in [0.25, 0.3) is 0 Å².